The molecule has 4 aromatic rings. The minimum Gasteiger partial charge on any atom is -0.449 e. The van der Waals surface area contributed by atoms with E-state index in [1.54, 1.807) is 0 Å². The summed E-state index contributed by atoms with van der Waals surface area (Å²) < 4.78 is 99.8. The van der Waals surface area contributed by atoms with Crippen LogP contribution in [0, 0.1) is 23.3 Å². The predicted octanol–water partition coefficient (Wildman–Crippen LogP) is 3.04. The van der Waals surface area contributed by atoms with Crippen LogP contribution in [-0.2, 0) is 37.9 Å². The predicted molar refractivity (Wildman–Crippen MR) is 338 cm³/mol. The molecule has 4 aliphatic heterocycles. The highest BCUT2D eigenvalue weighted by Crippen LogP contribution is 2.32. The molecule has 4 aliphatic rings. The van der Waals surface area contributed by atoms with Gasteiger partial charge in [0.15, 0.2) is 71.5 Å². The topological polar surface area (TPSA) is 492 Å². The van der Waals surface area contributed by atoms with E-state index in [0.29, 0.717) is 25.7 Å². The molecular formula is C60H88F4N12O24. The number of hydrogen-bond donors (Lipinski definition) is 12. The van der Waals surface area contributed by atoms with Crippen LogP contribution in [0.15, 0.2) is 44.0 Å². The van der Waals surface area contributed by atoms with Crippen molar-refractivity contribution in [3.63, 3.8) is 0 Å². The van der Waals surface area contributed by atoms with Gasteiger partial charge in [0.05, 0.1) is 75.6 Å². The summed E-state index contributed by atoms with van der Waals surface area (Å²) >= 11 is 0. The second-order valence-corrected chi connectivity index (χ2v) is 23.2. The highest BCUT2D eigenvalue weighted by Gasteiger charge is 2.45. The average Bonchev–Trinajstić information content (AvgIpc) is 1.66. The molecule has 36 nitrogen and oxygen atoms in total. The van der Waals surface area contributed by atoms with Gasteiger partial charge in [-0.25, -0.2) is 55.9 Å². The van der Waals surface area contributed by atoms with Crippen LogP contribution >= 0.6 is 0 Å². The first-order valence-corrected chi connectivity index (χ1v) is 32.4. The number of carbonyl (C=O) groups is 4. The van der Waals surface area contributed by atoms with Crippen molar-refractivity contribution in [1.82, 2.24) is 38.2 Å². The number of halogens is 4. The van der Waals surface area contributed by atoms with Crippen molar-refractivity contribution in [2.45, 2.75) is 231 Å². The van der Waals surface area contributed by atoms with Crippen molar-refractivity contribution in [2.24, 2.45) is 0 Å². The number of aromatic nitrogens is 8. The number of hydrogen-bond acceptors (Lipinski definition) is 28. The Balaban J connectivity index is 0.000000240. The lowest BCUT2D eigenvalue weighted by Gasteiger charge is -2.17. The second-order valence-electron chi connectivity index (χ2n) is 23.2. The SMILES string of the molecule is CCCCCOC(=O)Nc1nc(=O)n([C@@H]2O[C@H](C)[C@@H](O)[C@H]2O)cc1F.CCCCCOC(=O)Nc1nc(=O)n([C@@H]2O[C@H](C)[C@@H](O)[C@H]2O)cc1F.CCCCCOC(=O)Nc1nc(=O)n([C@@H]2O[C@H](C)[C@@H](O)[C@H]2O)cc1F.CCCCCOC(=O)Nc1nc(=O)n([C@@H]2O[C@H](C)[C@@H](O)[C@H]2O)cc1F. The maximum Gasteiger partial charge on any atom is 0.412 e. The molecule has 4 aromatic heterocycles. The van der Waals surface area contributed by atoms with Crippen LogP contribution in [0.25, 0.3) is 0 Å². The van der Waals surface area contributed by atoms with Crippen LogP contribution in [0.2, 0.25) is 0 Å². The lowest BCUT2D eigenvalue weighted by Crippen LogP contribution is -2.36. The van der Waals surface area contributed by atoms with E-state index in [4.69, 9.17) is 37.9 Å². The van der Waals surface area contributed by atoms with Gasteiger partial charge in [-0.2, -0.15) is 19.9 Å². The van der Waals surface area contributed by atoms with Gasteiger partial charge in [-0.1, -0.05) is 79.1 Å². The summed E-state index contributed by atoms with van der Waals surface area (Å²) in [4.78, 5) is 108. The van der Waals surface area contributed by atoms with Gasteiger partial charge in [-0.3, -0.25) is 39.5 Å². The second kappa shape index (κ2) is 39.7. The van der Waals surface area contributed by atoms with Crippen LogP contribution in [0.4, 0.5) is 60.0 Å². The Hall–Kier alpha value is -8.16. The zero-order chi connectivity index (χ0) is 74.2. The normalized spacial score (nSPS) is 25.8. The molecule has 8 heterocycles. The van der Waals surface area contributed by atoms with E-state index in [-0.39, 0.29) is 26.4 Å². The Morgan fingerprint density at radius 2 is 0.540 bits per heavy atom. The molecule has 12 N–H and O–H groups in total. The molecule has 4 fully saturated rings. The molecule has 0 bridgehead atoms. The summed E-state index contributed by atoms with van der Waals surface area (Å²) in [5, 5.41) is 86.5. The lowest BCUT2D eigenvalue weighted by molar-refractivity contribution is -0.0355. The number of nitrogens with zero attached hydrogens (tertiary/aromatic N) is 8. The molecule has 8 rings (SSSR count). The van der Waals surface area contributed by atoms with E-state index in [2.05, 4.69) is 41.2 Å². The number of rotatable bonds is 24. The number of ether oxygens (including phenoxy) is 8. The summed E-state index contributed by atoms with van der Waals surface area (Å²) in [6, 6.07) is 0. The zero-order valence-corrected chi connectivity index (χ0v) is 56.1. The molecule has 560 valence electrons. The standard InChI is InChI=1S/4C15H22FN3O6/c4*1-3-4-5-6-24-15(23)18-12-9(16)7-19(14(22)17-12)13-11(21)10(20)8(2)25-13/h4*7-8,10-11,13,20-21H,3-6H2,1-2H3,(H,17,18,22,23)/t4*8-,10-,11-,13-/m1111/s1. The molecule has 0 unspecified atom stereocenters. The fourth-order valence-electron chi connectivity index (χ4n) is 9.69. The third-order valence-corrected chi connectivity index (χ3v) is 15.4. The third-order valence-electron chi connectivity index (χ3n) is 15.4. The van der Waals surface area contributed by atoms with Gasteiger partial charge in [0, 0.05) is 0 Å². The number of nitrogens with one attached hydrogen (secondary N) is 4. The van der Waals surface area contributed by atoms with Crippen LogP contribution in [-0.4, -0.2) is 203 Å². The van der Waals surface area contributed by atoms with Crippen LogP contribution in [0.3, 0.4) is 0 Å². The quantitative estimate of drug-likeness (QED) is 0.0272. The van der Waals surface area contributed by atoms with Crippen molar-refractivity contribution in [2.75, 3.05) is 47.7 Å². The van der Waals surface area contributed by atoms with Crippen molar-refractivity contribution >= 4 is 47.6 Å². The molecule has 0 spiro atoms. The number of amides is 4. The maximum absolute atomic E-state index is 14.1. The van der Waals surface area contributed by atoms with Crippen LogP contribution in [0.5, 0.6) is 0 Å². The van der Waals surface area contributed by atoms with Crippen molar-refractivity contribution in [1.29, 1.82) is 0 Å². The first kappa shape index (κ1) is 82.5. The summed E-state index contributed by atoms with van der Waals surface area (Å²) in [7, 11) is 0. The van der Waals surface area contributed by atoms with Crippen molar-refractivity contribution < 1.29 is 115 Å². The molecule has 40 heteroatoms. The van der Waals surface area contributed by atoms with Crippen LogP contribution < -0.4 is 44.0 Å². The summed E-state index contributed by atoms with van der Waals surface area (Å²) in [6.45, 7) is 14.7. The summed E-state index contributed by atoms with van der Waals surface area (Å²) in [5.41, 5.74) is -3.80. The zero-order valence-electron chi connectivity index (χ0n) is 56.1. The van der Waals surface area contributed by atoms with Gasteiger partial charge in [-0.05, 0) is 53.4 Å². The Kier molecular flexibility index (Phi) is 32.8. The number of anilines is 4. The fourth-order valence-corrected chi connectivity index (χ4v) is 9.69. The minimum absolute atomic E-state index is 0.177. The van der Waals surface area contributed by atoms with Crippen molar-refractivity contribution in [3.8, 4) is 0 Å². The molecule has 0 aliphatic carbocycles. The van der Waals surface area contributed by atoms with Gasteiger partial charge >= 0.3 is 47.1 Å². The monoisotopic (exact) mass is 1440 g/mol. The molecule has 4 amide bonds. The van der Waals surface area contributed by atoms with Gasteiger partial charge in [0.2, 0.25) is 0 Å². The van der Waals surface area contributed by atoms with Gasteiger partial charge in [0.1, 0.15) is 48.8 Å². The van der Waals surface area contributed by atoms with E-state index >= 15 is 0 Å². The molecule has 0 radical (unpaired) electrons. The smallest absolute Gasteiger partial charge is 0.412 e. The van der Waals surface area contributed by atoms with Crippen LogP contribution in [0.1, 0.15) is 157 Å². The van der Waals surface area contributed by atoms with E-state index in [0.717, 1.165) is 94.4 Å². The number of carbonyl (C=O) groups excluding carboxylic acids is 4. The first-order valence-electron chi connectivity index (χ1n) is 32.4. The van der Waals surface area contributed by atoms with E-state index in [9.17, 15) is 96.8 Å². The highest BCUT2D eigenvalue weighted by atomic mass is 19.1. The highest BCUT2D eigenvalue weighted by molar-refractivity contribution is 5.84. The summed E-state index contributed by atoms with van der Waals surface area (Å²) in [5.74, 6) is -6.34. The molecule has 100 heavy (non-hydrogen) atoms. The molecule has 16 atom stereocenters. The third kappa shape index (κ3) is 22.9. The summed E-state index contributed by atoms with van der Waals surface area (Å²) in [6.07, 6.45) is -9.00. The number of aliphatic hydroxyl groups excluding tert-OH is 8. The molecular weight excluding hydrogens is 1350 g/mol. The van der Waals surface area contributed by atoms with Gasteiger partial charge in [-0.15, -0.1) is 0 Å². The van der Waals surface area contributed by atoms with Crippen molar-refractivity contribution in [3.05, 3.63) is 90.0 Å². The van der Waals surface area contributed by atoms with Gasteiger partial charge < -0.3 is 78.7 Å². The van der Waals surface area contributed by atoms with E-state index in [1.807, 2.05) is 27.7 Å². The Bertz CT molecular complexity index is 3120. The molecule has 0 saturated carbocycles. The average molecular weight is 1440 g/mol. The van der Waals surface area contributed by atoms with E-state index in [1.165, 1.54) is 27.7 Å². The Labute approximate surface area is 568 Å². The minimum atomic E-state index is -1.41. The molecule has 4 saturated heterocycles. The van der Waals surface area contributed by atoms with E-state index < -0.39 is 192 Å². The van der Waals surface area contributed by atoms with Gasteiger partial charge in [0.25, 0.3) is 0 Å². The Morgan fingerprint density at radius 1 is 0.360 bits per heavy atom. The first-order chi connectivity index (χ1) is 47.4. The molecule has 0 aromatic carbocycles. The fraction of sp³-hybridized carbons (Fsp3) is 0.667. The largest absolute Gasteiger partial charge is 0.449 e. The Morgan fingerprint density at radius 3 is 0.690 bits per heavy atom. The lowest BCUT2D eigenvalue weighted by atomic mass is 10.1. The number of aliphatic hydroxyl groups is 8. The number of unbranched alkanes of at least 4 members (excludes halogenated alkanes) is 8. The maximum atomic E-state index is 14.1.